The van der Waals surface area contributed by atoms with Crippen molar-refractivity contribution in [2.45, 2.75) is 51.7 Å². The highest BCUT2D eigenvalue weighted by molar-refractivity contribution is 9.11. The number of anilines is 3. The molecular weight excluding hydrogens is 568 g/mol. The van der Waals surface area contributed by atoms with Crippen LogP contribution in [0.25, 0.3) is 0 Å². The van der Waals surface area contributed by atoms with Gasteiger partial charge in [-0.05, 0) is 84.0 Å². The van der Waals surface area contributed by atoms with Crippen LogP contribution >= 0.6 is 43.5 Å². The lowest BCUT2D eigenvalue weighted by Crippen LogP contribution is -2.54. The Hall–Kier alpha value is -1.92. The fourth-order valence-corrected chi connectivity index (χ4v) is 3.28. The molecule has 1 aliphatic heterocycles. The van der Waals surface area contributed by atoms with Crippen molar-refractivity contribution in [1.82, 2.24) is 25.3 Å². The number of carbonyl (C=O) groups excluding carboxylic acids is 1. The van der Waals surface area contributed by atoms with Crippen LogP contribution < -0.4 is 21.7 Å². The van der Waals surface area contributed by atoms with Crippen LogP contribution in [-0.2, 0) is 4.74 Å². The minimum atomic E-state index is -0.496. The quantitative estimate of drug-likeness (QED) is 0.436. The van der Waals surface area contributed by atoms with Crippen molar-refractivity contribution in [3.05, 3.63) is 26.6 Å². The van der Waals surface area contributed by atoms with Crippen molar-refractivity contribution in [2.75, 3.05) is 29.5 Å². The molecule has 0 radical (unpaired) electrons. The van der Waals surface area contributed by atoms with Crippen LogP contribution in [0.3, 0.4) is 0 Å². The third-order valence-corrected chi connectivity index (χ3v) is 5.86. The molecule has 0 saturated carbocycles. The number of nitrogen functional groups attached to an aromatic ring is 2. The van der Waals surface area contributed by atoms with Crippen LogP contribution in [0.5, 0.6) is 0 Å². The second-order valence-corrected chi connectivity index (χ2v) is 10.5. The molecule has 13 heteroatoms. The topological polar surface area (TPSA) is 145 Å². The van der Waals surface area contributed by atoms with Crippen molar-refractivity contribution in [2.24, 2.45) is 0 Å². The largest absolute Gasteiger partial charge is 0.444 e. The number of halogens is 3. The molecule has 3 rings (SSSR count). The molecule has 0 aliphatic carbocycles. The normalized spacial score (nSPS) is 15.4. The van der Waals surface area contributed by atoms with Gasteiger partial charge in [0.1, 0.15) is 17.2 Å². The Bertz CT molecular complexity index is 949. The average molecular weight is 595 g/mol. The average Bonchev–Trinajstić information content (AvgIpc) is 2.66. The third-order valence-electron chi connectivity index (χ3n) is 4.45. The van der Waals surface area contributed by atoms with Gasteiger partial charge < -0.3 is 26.4 Å². The first-order valence-electron chi connectivity index (χ1n) is 9.76. The van der Waals surface area contributed by atoms with Crippen molar-refractivity contribution in [3.63, 3.8) is 0 Å². The first-order valence-corrected chi connectivity index (χ1v) is 11.7. The van der Waals surface area contributed by atoms with Gasteiger partial charge in [0.05, 0.1) is 8.95 Å². The summed E-state index contributed by atoms with van der Waals surface area (Å²) in [6.07, 6.45) is 4.35. The maximum atomic E-state index is 12.0. The SMILES string of the molecule is CC1(NC(=O)OC(C)(C)C)CCN(c2ncc(Br)c(N)n2)CC1.Nc1nc(Cl)ncc1Br. The molecule has 3 heterocycles. The van der Waals surface area contributed by atoms with E-state index < -0.39 is 5.60 Å². The summed E-state index contributed by atoms with van der Waals surface area (Å²) in [5.41, 5.74) is 10.4. The van der Waals surface area contributed by atoms with Gasteiger partial charge in [-0.1, -0.05) is 0 Å². The lowest BCUT2D eigenvalue weighted by atomic mass is 9.90. The number of hydrogen-bond acceptors (Lipinski definition) is 9. The second-order valence-electron chi connectivity index (χ2n) is 8.45. The Balaban J connectivity index is 0.000000336. The fourth-order valence-electron chi connectivity index (χ4n) is 2.76. The molecule has 176 valence electrons. The standard InChI is InChI=1S/C15H24BrN5O2.C4H3BrClN3/c1-14(2,3)23-13(22)20-15(4)5-7-21(8-6-15)12-18-9-10(16)11(17)19-12;5-2-1-8-4(6)9-3(2)7/h9H,5-8H2,1-4H3,(H,20,22)(H2,17,18,19);1H,(H2,7,8,9). The number of hydrogen-bond donors (Lipinski definition) is 3. The van der Waals surface area contributed by atoms with Gasteiger partial charge in [0.2, 0.25) is 11.2 Å². The zero-order valence-corrected chi connectivity index (χ0v) is 22.3. The van der Waals surface area contributed by atoms with E-state index in [1.54, 1.807) is 6.20 Å². The molecule has 0 unspecified atom stereocenters. The summed E-state index contributed by atoms with van der Waals surface area (Å²) in [6.45, 7) is 9.08. The third kappa shape index (κ3) is 8.21. The monoisotopic (exact) mass is 592 g/mol. The Kier molecular flexibility index (Phi) is 8.89. The number of carbonyl (C=O) groups is 1. The van der Waals surface area contributed by atoms with Gasteiger partial charge in [-0.3, -0.25) is 0 Å². The summed E-state index contributed by atoms with van der Waals surface area (Å²) in [5, 5.41) is 3.15. The van der Waals surface area contributed by atoms with E-state index >= 15 is 0 Å². The number of ether oxygens (including phenoxy) is 1. The van der Waals surface area contributed by atoms with E-state index in [-0.39, 0.29) is 16.9 Å². The number of nitrogens with two attached hydrogens (primary N) is 2. The number of amides is 1. The van der Waals surface area contributed by atoms with Crippen molar-refractivity contribution >= 4 is 67.1 Å². The van der Waals surface area contributed by atoms with Crippen LogP contribution in [0.2, 0.25) is 5.28 Å². The predicted octanol–water partition coefficient (Wildman–Crippen LogP) is 4.18. The molecule has 1 amide bonds. The highest BCUT2D eigenvalue weighted by Gasteiger charge is 2.33. The molecule has 0 bridgehead atoms. The van der Waals surface area contributed by atoms with Crippen LogP contribution in [0, 0.1) is 0 Å². The molecular formula is C19H27Br2ClN8O2. The molecule has 32 heavy (non-hydrogen) atoms. The summed E-state index contributed by atoms with van der Waals surface area (Å²) in [7, 11) is 0. The van der Waals surface area contributed by atoms with Gasteiger partial charge >= 0.3 is 6.09 Å². The Labute approximate surface area is 209 Å². The zero-order valence-electron chi connectivity index (χ0n) is 18.3. The summed E-state index contributed by atoms with van der Waals surface area (Å²) in [5.74, 6) is 1.40. The number of nitrogens with one attached hydrogen (secondary N) is 1. The first-order chi connectivity index (χ1) is 14.8. The molecule has 1 saturated heterocycles. The summed E-state index contributed by atoms with van der Waals surface area (Å²) in [4.78, 5) is 30.0. The summed E-state index contributed by atoms with van der Waals surface area (Å²) in [6, 6.07) is 0. The van der Waals surface area contributed by atoms with E-state index in [1.807, 2.05) is 27.7 Å². The minimum absolute atomic E-state index is 0.163. The number of nitrogens with zero attached hydrogens (tertiary/aromatic N) is 5. The first kappa shape index (κ1) is 26.3. The number of piperidine rings is 1. The molecule has 1 fully saturated rings. The highest BCUT2D eigenvalue weighted by Crippen LogP contribution is 2.26. The molecule has 10 nitrogen and oxygen atoms in total. The van der Waals surface area contributed by atoms with Crippen LogP contribution in [-0.4, -0.2) is 50.3 Å². The van der Waals surface area contributed by atoms with Crippen molar-refractivity contribution in [3.8, 4) is 0 Å². The Morgan fingerprint density at radius 1 is 1.12 bits per heavy atom. The lowest BCUT2D eigenvalue weighted by molar-refractivity contribution is 0.0448. The molecule has 1 aliphatic rings. The van der Waals surface area contributed by atoms with E-state index in [4.69, 9.17) is 27.8 Å². The van der Waals surface area contributed by atoms with Crippen molar-refractivity contribution in [1.29, 1.82) is 0 Å². The van der Waals surface area contributed by atoms with E-state index in [9.17, 15) is 4.79 Å². The highest BCUT2D eigenvalue weighted by atomic mass is 79.9. The molecule has 2 aromatic heterocycles. The molecule has 5 N–H and O–H groups in total. The summed E-state index contributed by atoms with van der Waals surface area (Å²) < 4.78 is 6.68. The lowest BCUT2D eigenvalue weighted by Gasteiger charge is -2.40. The van der Waals surface area contributed by atoms with Crippen LogP contribution in [0.4, 0.5) is 22.4 Å². The van der Waals surface area contributed by atoms with Gasteiger partial charge in [-0.2, -0.15) is 9.97 Å². The molecule has 0 spiro atoms. The van der Waals surface area contributed by atoms with Gasteiger partial charge in [0.25, 0.3) is 0 Å². The number of aromatic nitrogens is 4. The molecule has 0 aromatic carbocycles. The van der Waals surface area contributed by atoms with Crippen LogP contribution in [0.15, 0.2) is 21.3 Å². The fraction of sp³-hybridized carbons (Fsp3) is 0.526. The predicted molar refractivity (Wildman–Crippen MR) is 133 cm³/mol. The van der Waals surface area contributed by atoms with E-state index in [2.05, 4.69) is 62.0 Å². The maximum Gasteiger partial charge on any atom is 0.408 e. The van der Waals surface area contributed by atoms with Gasteiger partial charge in [-0.25, -0.2) is 14.8 Å². The van der Waals surface area contributed by atoms with Crippen molar-refractivity contribution < 1.29 is 9.53 Å². The van der Waals surface area contributed by atoms with Crippen LogP contribution in [0.1, 0.15) is 40.5 Å². The number of alkyl carbamates (subject to hydrolysis) is 1. The van der Waals surface area contributed by atoms with E-state index in [0.29, 0.717) is 26.5 Å². The van der Waals surface area contributed by atoms with E-state index in [1.165, 1.54) is 6.20 Å². The Morgan fingerprint density at radius 2 is 1.66 bits per heavy atom. The van der Waals surface area contributed by atoms with Gasteiger partial charge in [0, 0.05) is 31.0 Å². The Morgan fingerprint density at radius 3 is 2.12 bits per heavy atom. The van der Waals surface area contributed by atoms with Gasteiger partial charge in [0.15, 0.2) is 0 Å². The minimum Gasteiger partial charge on any atom is -0.444 e. The van der Waals surface area contributed by atoms with Gasteiger partial charge in [-0.15, -0.1) is 0 Å². The smallest absolute Gasteiger partial charge is 0.408 e. The second kappa shape index (κ2) is 10.8. The van der Waals surface area contributed by atoms with E-state index in [0.717, 1.165) is 25.9 Å². The summed E-state index contributed by atoms with van der Waals surface area (Å²) >= 11 is 11.8. The molecule has 2 aromatic rings. The molecule has 0 atom stereocenters. The maximum absolute atomic E-state index is 12.0. The zero-order chi connectivity index (χ0) is 24.1. The number of rotatable bonds is 2.